The quantitative estimate of drug-likeness (QED) is 0.166. The van der Waals surface area contributed by atoms with Crippen LogP contribution in [0.1, 0.15) is 62.2 Å². The largest absolute Gasteiger partial charge is 0.369 e. The molecule has 0 radical (unpaired) electrons. The minimum atomic E-state index is -0.0713. The molecule has 56 heavy (non-hydrogen) atoms. The highest BCUT2D eigenvalue weighted by atomic mass is 16.2. The first kappa shape index (κ1) is 40.6. The summed E-state index contributed by atoms with van der Waals surface area (Å²) in [6.45, 7) is 10.1. The smallest absolute Gasteiger partial charge is 0.229 e. The average Bonchev–Trinajstić information content (AvgIpc) is 3.88. The first-order valence-corrected chi connectivity index (χ1v) is 20.3. The second-order valence-electron chi connectivity index (χ2n) is 15.5. The summed E-state index contributed by atoms with van der Waals surface area (Å²) in [5.74, 6) is 0.586. The fourth-order valence-corrected chi connectivity index (χ4v) is 8.29. The molecule has 3 amide bonds. The van der Waals surface area contributed by atoms with Gasteiger partial charge in [0.25, 0.3) is 0 Å². The Hall–Kier alpha value is -5.01. The number of aryl methyl sites for hydroxylation is 1. The van der Waals surface area contributed by atoms with Gasteiger partial charge < -0.3 is 34.8 Å². The van der Waals surface area contributed by atoms with Gasteiger partial charge in [-0.25, -0.2) is 4.98 Å². The molecular formula is C43H60N10O3. The van der Waals surface area contributed by atoms with Crippen LogP contribution in [-0.4, -0.2) is 128 Å². The van der Waals surface area contributed by atoms with Crippen LogP contribution in [0.3, 0.4) is 0 Å². The summed E-state index contributed by atoms with van der Waals surface area (Å²) in [4.78, 5) is 53.0. The second kappa shape index (κ2) is 19.7. The lowest BCUT2D eigenvalue weighted by molar-refractivity contribution is -0.120. The summed E-state index contributed by atoms with van der Waals surface area (Å²) < 4.78 is 2.43. The van der Waals surface area contributed by atoms with Gasteiger partial charge in [0.1, 0.15) is 5.65 Å². The molecule has 0 bridgehead atoms. The van der Waals surface area contributed by atoms with E-state index in [0.717, 1.165) is 87.5 Å². The summed E-state index contributed by atoms with van der Waals surface area (Å²) in [5.41, 5.74) is 6.70. The summed E-state index contributed by atoms with van der Waals surface area (Å²) in [6.07, 6.45) is 12.4. The number of anilines is 4. The van der Waals surface area contributed by atoms with E-state index in [1.165, 1.54) is 60.4 Å². The van der Waals surface area contributed by atoms with Crippen LogP contribution >= 0.6 is 0 Å². The molecule has 2 saturated heterocycles. The summed E-state index contributed by atoms with van der Waals surface area (Å²) in [5, 5.41) is 7.17. The third-order valence-electron chi connectivity index (χ3n) is 11.5. The zero-order valence-corrected chi connectivity index (χ0v) is 33.7. The van der Waals surface area contributed by atoms with Crippen molar-refractivity contribution in [3.05, 3.63) is 72.1 Å². The molecule has 0 spiro atoms. The van der Waals surface area contributed by atoms with E-state index in [2.05, 4.69) is 84.3 Å². The summed E-state index contributed by atoms with van der Waals surface area (Å²) in [7, 11) is 4.99. The van der Waals surface area contributed by atoms with Crippen molar-refractivity contribution in [3.63, 3.8) is 0 Å². The molecule has 13 nitrogen and oxygen atoms in total. The molecule has 3 aliphatic rings. The van der Waals surface area contributed by atoms with Crippen LogP contribution in [0.4, 0.5) is 23.0 Å². The normalized spacial score (nSPS) is 17.0. The Kier molecular flexibility index (Phi) is 14.3. The number of likely N-dealkylation sites (tertiary alicyclic amines) is 1. The number of carbonyl (C=O) groups excluding carboxylic acids is 3. The van der Waals surface area contributed by atoms with Crippen LogP contribution in [0.15, 0.2) is 60.8 Å². The molecule has 2 N–H and O–H groups in total. The van der Waals surface area contributed by atoms with Crippen LogP contribution < -0.4 is 20.4 Å². The Labute approximate surface area is 332 Å². The zero-order valence-electron chi connectivity index (χ0n) is 33.7. The Morgan fingerprint density at radius 3 is 2.18 bits per heavy atom. The van der Waals surface area contributed by atoms with E-state index < -0.39 is 0 Å². The van der Waals surface area contributed by atoms with E-state index in [1.807, 2.05) is 18.3 Å². The lowest BCUT2D eigenvalue weighted by atomic mass is 10.0. The fraction of sp³-hybridized carbons (Fsp3) is 0.512. The average molecular weight is 765 g/mol. The van der Waals surface area contributed by atoms with Gasteiger partial charge >= 0.3 is 0 Å². The van der Waals surface area contributed by atoms with Crippen molar-refractivity contribution in [2.45, 2.75) is 70.4 Å². The predicted molar refractivity (Wildman–Crippen MR) is 225 cm³/mol. The predicted octanol–water partition coefficient (Wildman–Crippen LogP) is 5.23. The molecule has 1 saturated carbocycles. The van der Waals surface area contributed by atoms with Crippen molar-refractivity contribution >= 4 is 52.8 Å². The van der Waals surface area contributed by atoms with E-state index in [1.54, 1.807) is 26.0 Å². The van der Waals surface area contributed by atoms with Crippen molar-refractivity contribution in [1.29, 1.82) is 0 Å². The van der Waals surface area contributed by atoms with Crippen LogP contribution in [-0.2, 0) is 20.8 Å². The number of nitrogens with one attached hydrogen (secondary N) is 2. The highest BCUT2D eigenvalue weighted by Crippen LogP contribution is 2.34. The number of hydrogen-bond acceptors (Lipinski definition) is 9. The van der Waals surface area contributed by atoms with Crippen molar-refractivity contribution < 1.29 is 14.4 Å². The molecule has 2 aromatic heterocycles. The van der Waals surface area contributed by atoms with E-state index in [-0.39, 0.29) is 12.3 Å². The van der Waals surface area contributed by atoms with E-state index in [9.17, 15) is 14.4 Å². The molecule has 0 unspecified atom stereocenters. The standard InChI is InChI=1S/C40H53N9O2.C3H7NO/c1-30-27-32-28-42-40(44-39(32)49(30)37-5-3-4-6-37)43-33-9-7-31(8-10-33)15-19-45-20-16-36(17-21-45)47-25-23-46(24-26-47)34-11-13-35(14-12-34)48(29-50)22-18-38(51)41-2;1-4(2)3-5/h7-14,27-29,36-37H,3-6,15-26H2,1-2H3,(H,41,51)(H,42,43,44);3H,1-2H3. The molecule has 300 valence electrons. The number of nitrogens with zero attached hydrogens (tertiary/aromatic N) is 8. The number of piperazine rings is 1. The summed E-state index contributed by atoms with van der Waals surface area (Å²) in [6, 6.07) is 20.3. The number of amides is 3. The number of piperidine rings is 1. The van der Waals surface area contributed by atoms with Crippen LogP contribution in [0.25, 0.3) is 11.0 Å². The molecule has 0 atom stereocenters. The van der Waals surface area contributed by atoms with Gasteiger partial charge in [-0.2, -0.15) is 4.98 Å². The lowest BCUT2D eigenvalue weighted by Crippen LogP contribution is -2.53. The molecule has 13 heteroatoms. The van der Waals surface area contributed by atoms with Gasteiger partial charge in [0.05, 0.1) is 0 Å². The van der Waals surface area contributed by atoms with E-state index in [4.69, 9.17) is 4.98 Å². The maximum Gasteiger partial charge on any atom is 0.229 e. The van der Waals surface area contributed by atoms with Gasteiger partial charge in [-0.3, -0.25) is 19.3 Å². The zero-order chi connectivity index (χ0) is 39.4. The summed E-state index contributed by atoms with van der Waals surface area (Å²) >= 11 is 0. The highest BCUT2D eigenvalue weighted by molar-refractivity contribution is 5.80. The fourth-order valence-electron chi connectivity index (χ4n) is 8.29. The Balaban J connectivity index is 0.00000100. The minimum Gasteiger partial charge on any atom is -0.369 e. The maximum absolute atomic E-state index is 11.6. The van der Waals surface area contributed by atoms with Gasteiger partial charge in [-0.1, -0.05) is 25.0 Å². The van der Waals surface area contributed by atoms with Gasteiger partial charge in [-0.05, 0) is 100 Å². The van der Waals surface area contributed by atoms with Gasteiger partial charge in [-0.15, -0.1) is 0 Å². The number of benzene rings is 2. The Morgan fingerprint density at radius 1 is 0.875 bits per heavy atom. The molecule has 2 aliphatic heterocycles. The number of rotatable bonds is 14. The second-order valence-corrected chi connectivity index (χ2v) is 15.5. The van der Waals surface area contributed by atoms with Gasteiger partial charge in [0.2, 0.25) is 24.7 Å². The van der Waals surface area contributed by atoms with Crippen LogP contribution in [0, 0.1) is 6.92 Å². The SMILES string of the molecule is CN(C)C=O.CNC(=O)CCN(C=O)c1ccc(N2CCN(C3CCN(CCc4ccc(Nc5ncc6cc(C)n(C7CCCC7)c6n5)cc4)CC3)CC2)cc1. The Morgan fingerprint density at radius 2 is 1.55 bits per heavy atom. The van der Waals surface area contributed by atoms with Crippen molar-refractivity contribution in [2.24, 2.45) is 0 Å². The molecule has 2 aromatic carbocycles. The highest BCUT2D eigenvalue weighted by Gasteiger charge is 2.28. The van der Waals surface area contributed by atoms with Gasteiger partial charge in [0, 0.05) is 113 Å². The monoisotopic (exact) mass is 764 g/mol. The van der Waals surface area contributed by atoms with Gasteiger partial charge in [0.15, 0.2) is 0 Å². The number of fused-ring (bicyclic) bond motifs is 1. The van der Waals surface area contributed by atoms with Crippen LogP contribution in [0.5, 0.6) is 0 Å². The lowest BCUT2D eigenvalue weighted by Gasteiger charge is -2.43. The molecule has 1 aliphatic carbocycles. The van der Waals surface area contributed by atoms with Crippen molar-refractivity contribution in [2.75, 3.05) is 88.6 Å². The van der Waals surface area contributed by atoms with Crippen molar-refractivity contribution in [1.82, 2.24) is 34.6 Å². The minimum absolute atomic E-state index is 0.0713. The molecule has 4 aromatic rings. The Bertz CT molecular complexity index is 1860. The number of hydrogen-bond donors (Lipinski definition) is 2. The van der Waals surface area contributed by atoms with E-state index >= 15 is 0 Å². The number of carbonyl (C=O) groups is 3. The van der Waals surface area contributed by atoms with Crippen molar-refractivity contribution in [3.8, 4) is 0 Å². The molecule has 3 fully saturated rings. The van der Waals surface area contributed by atoms with E-state index in [0.29, 0.717) is 24.6 Å². The molecular weight excluding hydrogens is 705 g/mol. The first-order chi connectivity index (χ1) is 27.2. The molecule has 4 heterocycles. The number of aromatic nitrogens is 3. The maximum atomic E-state index is 11.6. The third-order valence-corrected chi connectivity index (χ3v) is 11.5. The first-order valence-electron chi connectivity index (χ1n) is 20.3. The van der Waals surface area contributed by atoms with Crippen LogP contribution in [0.2, 0.25) is 0 Å². The third kappa shape index (κ3) is 10.6. The molecule has 7 rings (SSSR count). The topological polar surface area (TPSA) is 122 Å².